The molecule has 1 aromatic rings. The second-order valence-electron chi connectivity index (χ2n) is 6.75. The average Bonchev–Trinajstić information content (AvgIpc) is 2.72. The number of alkyl halides is 3. The molecule has 1 fully saturated rings. The number of terminal acetylenes is 1. The summed E-state index contributed by atoms with van der Waals surface area (Å²) in [4.78, 5) is 24.0. The molecule has 0 saturated carbocycles. The smallest absolute Gasteiger partial charge is 0.491 e. The van der Waals surface area contributed by atoms with Gasteiger partial charge in [-0.2, -0.15) is 13.2 Å². The standard InChI is InChI=1S/C21H24F3NO5/c1-2-3-4-5-13-28-17-8-6-16(7-9-17)18-15-25(12-14-29-18)11-10-19(26)30-20(27)21(22,23)24/h1,6-9,18H,3-5,10-15H2. The molecule has 6 nitrogen and oxygen atoms in total. The van der Waals surface area contributed by atoms with E-state index in [2.05, 4.69) is 10.7 Å². The van der Waals surface area contributed by atoms with Crippen LogP contribution in [0.4, 0.5) is 13.2 Å². The third-order valence-corrected chi connectivity index (χ3v) is 4.46. The molecule has 1 aromatic carbocycles. The van der Waals surface area contributed by atoms with Crippen LogP contribution in [0.3, 0.4) is 0 Å². The van der Waals surface area contributed by atoms with Gasteiger partial charge in [0.15, 0.2) is 0 Å². The van der Waals surface area contributed by atoms with Crippen molar-refractivity contribution < 1.29 is 37.0 Å². The summed E-state index contributed by atoms with van der Waals surface area (Å²) in [5, 5.41) is 0. The summed E-state index contributed by atoms with van der Waals surface area (Å²) in [6.07, 6.45) is 1.99. The first kappa shape index (κ1) is 23.7. The van der Waals surface area contributed by atoms with Crippen LogP contribution in [-0.4, -0.2) is 55.9 Å². The monoisotopic (exact) mass is 427 g/mol. The number of unbranched alkanes of at least 4 members (excludes halogenated alkanes) is 2. The van der Waals surface area contributed by atoms with Gasteiger partial charge < -0.3 is 14.2 Å². The van der Waals surface area contributed by atoms with Gasteiger partial charge in [-0.15, -0.1) is 12.3 Å². The molecule has 0 amide bonds. The number of nitrogens with zero attached hydrogens (tertiary/aromatic N) is 1. The van der Waals surface area contributed by atoms with Crippen molar-refractivity contribution in [2.75, 3.05) is 32.8 Å². The zero-order chi connectivity index (χ0) is 22.0. The Labute approximate surface area is 173 Å². The van der Waals surface area contributed by atoms with E-state index in [4.69, 9.17) is 15.9 Å². The minimum Gasteiger partial charge on any atom is -0.494 e. The lowest BCUT2D eigenvalue weighted by molar-refractivity contribution is -0.202. The topological polar surface area (TPSA) is 65.1 Å². The number of rotatable bonds is 9. The Hall–Kier alpha value is -2.57. The molecule has 0 N–H and O–H groups in total. The van der Waals surface area contributed by atoms with Crippen molar-refractivity contribution in [2.45, 2.75) is 38.0 Å². The minimum absolute atomic E-state index is 0.169. The Bertz CT molecular complexity index is 742. The maximum Gasteiger partial charge on any atom is 0.491 e. The predicted octanol–water partition coefficient (Wildman–Crippen LogP) is 3.26. The van der Waals surface area contributed by atoms with Crippen LogP contribution in [0.5, 0.6) is 5.75 Å². The van der Waals surface area contributed by atoms with Crippen LogP contribution < -0.4 is 4.74 Å². The number of benzene rings is 1. The Morgan fingerprint density at radius 1 is 1.23 bits per heavy atom. The van der Waals surface area contributed by atoms with E-state index in [1.165, 1.54) is 0 Å². The predicted molar refractivity (Wildman–Crippen MR) is 102 cm³/mol. The summed E-state index contributed by atoms with van der Waals surface area (Å²) >= 11 is 0. The van der Waals surface area contributed by atoms with Gasteiger partial charge >= 0.3 is 18.1 Å². The van der Waals surface area contributed by atoms with E-state index in [-0.39, 0.29) is 19.1 Å². The third kappa shape index (κ3) is 8.05. The van der Waals surface area contributed by atoms with Gasteiger partial charge in [-0.1, -0.05) is 12.1 Å². The molecule has 0 aromatic heterocycles. The molecule has 1 saturated heterocycles. The van der Waals surface area contributed by atoms with E-state index in [0.29, 0.717) is 26.3 Å². The van der Waals surface area contributed by atoms with Crippen molar-refractivity contribution in [1.29, 1.82) is 0 Å². The molecule has 1 aliphatic rings. The second-order valence-corrected chi connectivity index (χ2v) is 6.75. The van der Waals surface area contributed by atoms with Crippen LogP contribution >= 0.6 is 0 Å². The molecule has 30 heavy (non-hydrogen) atoms. The first-order valence-corrected chi connectivity index (χ1v) is 9.61. The highest BCUT2D eigenvalue weighted by Crippen LogP contribution is 2.25. The molecule has 2 rings (SSSR count). The van der Waals surface area contributed by atoms with Crippen molar-refractivity contribution in [1.82, 2.24) is 4.90 Å². The lowest BCUT2D eigenvalue weighted by Gasteiger charge is -2.33. The highest BCUT2D eigenvalue weighted by molar-refractivity contribution is 5.88. The molecule has 9 heteroatoms. The summed E-state index contributed by atoms with van der Waals surface area (Å²) in [5.74, 6) is -0.375. The number of carbonyl (C=O) groups is 2. The Morgan fingerprint density at radius 3 is 2.63 bits per heavy atom. The van der Waals surface area contributed by atoms with Crippen LogP contribution in [-0.2, 0) is 19.1 Å². The van der Waals surface area contributed by atoms with Crippen molar-refractivity contribution in [3.8, 4) is 18.1 Å². The molecule has 1 aliphatic heterocycles. The van der Waals surface area contributed by atoms with E-state index >= 15 is 0 Å². The summed E-state index contributed by atoms with van der Waals surface area (Å²) in [6, 6.07) is 7.47. The molecule has 164 valence electrons. The molecule has 0 spiro atoms. The van der Waals surface area contributed by atoms with Gasteiger partial charge in [-0.25, -0.2) is 4.79 Å². The van der Waals surface area contributed by atoms with Gasteiger partial charge in [0.25, 0.3) is 0 Å². The van der Waals surface area contributed by atoms with Gasteiger partial charge in [0.1, 0.15) is 5.75 Å². The number of carbonyl (C=O) groups excluding carboxylic acids is 2. The van der Waals surface area contributed by atoms with E-state index in [1.807, 2.05) is 29.2 Å². The average molecular weight is 427 g/mol. The minimum atomic E-state index is -5.18. The van der Waals surface area contributed by atoms with Crippen molar-refractivity contribution in [2.24, 2.45) is 0 Å². The summed E-state index contributed by atoms with van der Waals surface area (Å²) in [7, 11) is 0. The lowest BCUT2D eigenvalue weighted by Crippen LogP contribution is -2.39. The SMILES string of the molecule is C#CCCCCOc1ccc(C2CN(CCC(=O)OC(=O)C(F)(F)F)CCO2)cc1. The van der Waals surface area contributed by atoms with Crippen molar-refractivity contribution in [3.05, 3.63) is 29.8 Å². The van der Waals surface area contributed by atoms with E-state index in [1.54, 1.807) is 0 Å². The number of esters is 2. The Balaban J connectivity index is 1.77. The first-order valence-electron chi connectivity index (χ1n) is 9.61. The largest absolute Gasteiger partial charge is 0.494 e. The van der Waals surface area contributed by atoms with E-state index in [0.717, 1.165) is 30.6 Å². The van der Waals surface area contributed by atoms with Gasteiger partial charge in [-0.3, -0.25) is 9.69 Å². The maximum atomic E-state index is 12.1. The molecule has 0 radical (unpaired) electrons. The second kappa shape index (κ2) is 11.6. The molecule has 1 atom stereocenters. The Kier molecular flexibility index (Phi) is 9.15. The normalized spacial score (nSPS) is 17.2. The molecular formula is C21H24F3NO5. The summed E-state index contributed by atoms with van der Waals surface area (Å²) in [6.45, 7) is 2.15. The fourth-order valence-electron chi connectivity index (χ4n) is 2.87. The van der Waals surface area contributed by atoms with Gasteiger partial charge in [0, 0.05) is 26.1 Å². The zero-order valence-corrected chi connectivity index (χ0v) is 16.5. The van der Waals surface area contributed by atoms with Gasteiger partial charge in [0.05, 0.1) is 25.7 Å². The quantitative estimate of drug-likeness (QED) is 0.261. The highest BCUT2D eigenvalue weighted by Gasteiger charge is 2.42. The molecule has 0 bridgehead atoms. The number of ether oxygens (including phenoxy) is 3. The first-order chi connectivity index (χ1) is 14.3. The van der Waals surface area contributed by atoms with Gasteiger partial charge in [0.2, 0.25) is 0 Å². The fraction of sp³-hybridized carbons (Fsp3) is 0.524. The Morgan fingerprint density at radius 2 is 1.97 bits per heavy atom. The number of hydrogen-bond acceptors (Lipinski definition) is 6. The van der Waals surface area contributed by atoms with Crippen molar-refractivity contribution >= 4 is 11.9 Å². The lowest BCUT2D eigenvalue weighted by atomic mass is 10.1. The third-order valence-electron chi connectivity index (χ3n) is 4.46. The van der Waals surface area contributed by atoms with Crippen LogP contribution in [0.2, 0.25) is 0 Å². The highest BCUT2D eigenvalue weighted by atomic mass is 19.4. The van der Waals surface area contributed by atoms with E-state index in [9.17, 15) is 22.8 Å². The van der Waals surface area contributed by atoms with Crippen LogP contribution in [0, 0.1) is 12.3 Å². The van der Waals surface area contributed by atoms with E-state index < -0.39 is 18.1 Å². The molecule has 1 heterocycles. The summed E-state index contributed by atoms with van der Waals surface area (Å²) in [5.41, 5.74) is 0.925. The zero-order valence-electron chi connectivity index (χ0n) is 16.5. The van der Waals surface area contributed by atoms with Crippen LogP contribution in [0.15, 0.2) is 24.3 Å². The van der Waals surface area contributed by atoms with Crippen LogP contribution in [0.1, 0.15) is 37.4 Å². The van der Waals surface area contributed by atoms with Crippen LogP contribution in [0.25, 0.3) is 0 Å². The summed E-state index contributed by atoms with van der Waals surface area (Å²) < 4.78 is 51.6. The maximum absolute atomic E-state index is 12.1. The molecular weight excluding hydrogens is 403 g/mol. The molecule has 1 unspecified atom stereocenters. The number of halogens is 3. The molecule has 0 aliphatic carbocycles. The fourth-order valence-corrected chi connectivity index (χ4v) is 2.87. The number of hydrogen-bond donors (Lipinski definition) is 0. The number of morpholine rings is 1. The van der Waals surface area contributed by atoms with Crippen molar-refractivity contribution in [3.63, 3.8) is 0 Å². The van der Waals surface area contributed by atoms with Gasteiger partial charge in [-0.05, 0) is 30.5 Å².